The maximum atomic E-state index is 6.78. The van der Waals surface area contributed by atoms with Gasteiger partial charge in [-0.25, -0.2) is 15.0 Å². The van der Waals surface area contributed by atoms with Gasteiger partial charge in [-0.3, -0.25) is 0 Å². The fraction of sp³-hybridized carbons (Fsp3) is 0. The number of hydrogen-bond donors (Lipinski definition) is 0. The zero-order valence-corrected chi connectivity index (χ0v) is 23.0. The molecule has 0 atom stereocenters. The summed E-state index contributed by atoms with van der Waals surface area (Å²) in [6.45, 7) is 0. The Kier molecular flexibility index (Phi) is 5.16. The number of furan rings is 1. The predicted octanol–water partition coefficient (Wildman–Crippen LogP) is 10.2. The summed E-state index contributed by atoms with van der Waals surface area (Å²) in [6.07, 6.45) is 0. The molecule has 6 aromatic carbocycles. The number of benzene rings is 6. The normalized spacial score (nSPS) is 11.7. The van der Waals surface area contributed by atoms with Crippen molar-refractivity contribution in [3.8, 4) is 33.9 Å². The minimum Gasteiger partial charge on any atom is -0.455 e. The molecule has 9 rings (SSSR count). The number of nitrogens with zero attached hydrogens (tertiary/aromatic N) is 3. The minimum absolute atomic E-state index is 0.703. The lowest BCUT2D eigenvalue weighted by molar-refractivity contribution is 0.673. The average molecular weight is 550 g/mol. The lowest BCUT2D eigenvalue weighted by Crippen LogP contribution is -1.95. The van der Waals surface area contributed by atoms with Gasteiger partial charge in [0.2, 0.25) is 0 Å². The van der Waals surface area contributed by atoms with E-state index in [1.54, 1.807) is 0 Å². The molecule has 9 aromatic rings. The van der Waals surface area contributed by atoms with E-state index in [-0.39, 0.29) is 0 Å². The minimum atomic E-state index is 0.703. The molecule has 0 bridgehead atoms. The van der Waals surface area contributed by atoms with Crippen LogP contribution in [-0.2, 0) is 0 Å². The van der Waals surface area contributed by atoms with Crippen LogP contribution >= 0.6 is 0 Å². The first kappa shape index (κ1) is 23.8. The Morgan fingerprint density at radius 2 is 1.05 bits per heavy atom. The van der Waals surface area contributed by atoms with Gasteiger partial charge in [-0.1, -0.05) is 115 Å². The Bertz CT molecular complexity index is 2500. The van der Waals surface area contributed by atoms with Crippen molar-refractivity contribution >= 4 is 54.5 Å². The zero-order chi connectivity index (χ0) is 28.3. The van der Waals surface area contributed by atoms with Crippen LogP contribution in [0.5, 0.6) is 0 Å². The van der Waals surface area contributed by atoms with E-state index in [1.165, 1.54) is 0 Å². The van der Waals surface area contributed by atoms with Gasteiger partial charge in [-0.15, -0.1) is 0 Å². The standard InChI is InChI=1S/C39H23N3O/c1-3-12-24(13-4-1)36-29-22-23-30-34-28(18-11-21-33(34)43-38(30)35(29)26-16-7-9-19-31(26)40-36)37-27-17-8-10-20-32(27)41-39(42-37)25-14-5-2-6-15-25/h1-23H. The van der Waals surface area contributed by atoms with Crippen molar-refractivity contribution < 1.29 is 4.42 Å². The van der Waals surface area contributed by atoms with Gasteiger partial charge in [0, 0.05) is 49.0 Å². The Hall–Kier alpha value is -5.87. The summed E-state index contributed by atoms with van der Waals surface area (Å²) in [5.74, 6) is 0.703. The van der Waals surface area contributed by atoms with Crippen LogP contribution in [0.4, 0.5) is 0 Å². The Morgan fingerprint density at radius 1 is 0.395 bits per heavy atom. The third-order valence-electron chi connectivity index (χ3n) is 8.26. The van der Waals surface area contributed by atoms with E-state index >= 15 is 0 Å². The van der Waals surface area contributed by atoms with Crippen molar-refractivity contribution in [1.29, 1.82) is 0 Å². The van der Waals surface area contributed by atoms with Gasteiger partial charge in [0.25, 0.3) is 0 Å². The molecule has 4 heteroatoms. The third-order valence-corrected chi connectivity index (χ3v) is 8.26. The molecule has 0 saturated heterocycles. The first-order chi connectivity index (χ1) is 21.3. The van der Waals surface area contributed by atoms with Crippen LogP contribution in [0.25, 0.3) is 88.4 Å². The number of aromatic nitrogens is 3. The van der Waals surface area contributed by atoms with Crippen molar-refractivity contribution in [2.45, 2.75) is 0 Å². The topological polar surface area (TPSA) is 51.8 Å². The summed E-state index contributed by atoms with van der Waals surface area (Å²) in [6, 6.07) is 47.7. The van der Waals surface area contributed by atoms with Gasteiger partial charge in [0.1, 0.15) is 11.2 Å². The molecule has 200 valence electrons. The second kappa shape index (κ2) is 9.33. The van der Waals surface area contributed by atoms with Gasteiger partial charge in [-0.05, 0) is 24.3 Å². The molecular weight excluding hydrogens is 526 g/mol. The first-order valence-corrected chi connectivity index (χ1v) is 14.4. The van der Waals surface area contributed by atoms with Crippen molar-refractivity contribution in [1.82, 2.24) is 15.0 Å². The molecule has 0 aliphatic carbocycles. The van der Waals surface area contributed by atoms with Crippen LogP contribution in [-0.4, -0.2) is 15.0 Å². The van der Waals surface area contributed by atoms with Crippen LogP contribution in [0.2, 0.25) is 0 Å². The van der Waals surface area contributed by atoms with Gasteiger partial charge in [-0.2, -0.15) is 0 Å². The molecular formula is C39H23N3O. The van der Waals surface area contributed by atoms with Gasteiger partial charge in [0.15, 0.2) is 5.82 Å². The van der Waals surface area contributed by atoms with E-state index in [4.69, 9.17) is 19.4 Å². The molecule has 0 radical (unpaired) electrons. The van der Waals surface area contributed by atoms with E-state index in [2.05, 4.69) is 91.0 Å². The van der Waals surface area contributed by atoms with E-state index in [9.17, 15) is 0 Å². The molecule has 0 unspecified atom stereocenters. The molecule has 3 aromatic heterocycles. The summed E-state index contributed by atoms with van der Waals surface area (Å²) >= 11 is 0. The lowest BCUT2D eigenvalue weighted by Gasteiger charge is -2.11. The predicted molar refractivity (Wildman–Crippen MR) is 176 cm³/mol. The van der Waals surface area contributed by atoms with Gasteiger partial charge in [0.05, 0.1) is 22.4 Å². The molecule has 0 aliphatic rings. The molecule has 43 heavy (non-hydrogen) atoms. The number of rotatable bonds is 3. The quantitative estimate of drug-likeness (QED) is 0.206. The molecule has 3 heterocycles. The highest BCUT2D eigenvalue weighted by Crippen LogP contribution is 2.44. The average Bonchev–Trinajstić information content (AvgIpc) is 3.47. The smallest absolute Gasteiger partial charge is 0.160 e. The van der Waals surface area contributed by atoms with Crippen molar-refractivity contribution in [3.63, 3.8) is 0 Å². The van der Waals surface area contributed by atoms with Gasteiger partial charge < -0.3 is 4.42 Å². The van der Waals surface area contributed by atoms with Crippen LogP contribution < -0.4 is 0 Å². The van der Waals surface area contributed by atoms with Crippen LogP contribution in [0.1, 0.15) is 0 Å². The molecule has 4 nitrogen and oxygen atoms in total. The number of pyridine rings is 1. The first-order valence-electron chi connectivity index (χ1n) is 14.4. The lowest BCUT2D eigenvalue weighted by atomic mass is 9.96. The summed E-state index contributed by atoms with van der Waals surface area (Å²) < 4.78 is 6.78. The Balaban J connectivity index is 1.40. The van der Waals surface area contributed by atoms with Crippen LogP contribution in [0, 0.1) is 0 Å². The van der Waals surface area contributed by atoms with E-state index in [1.807, 2.05) is 48.5 Å². The van der Waals surface area contributed by atoms with E-state index < -0.39 is 0 Å². The number of fused-ring (bicyclic) bond motifs is 8. The summed E-state index contributed by atoms with van der Waals surface area (Å²) in [7, 11) is 0. The molecule has 0 aliphatic heterocycles. The monoisotopic (exact) mass is 549 g/mol. The van der Waals surface area contributed by atoms with Crippen molar-refractivity contribution in [2.75, 3.05) is 0 Å². The van der Waals surface area contributed by atoms with Crippen molar-refractivity contribution in [3.05, 3.63) is 140 Å². The summed E-state index contributed by atoms with van der Waals surface area (Å²) in [5, 5.41) is 6.31. The van der Waals surface area contributed by atoms with E-state index in [0.717, 1.165) is 82.6 Å². The van der Waals surface area contributed by atoms with Gasteiger partial charge >= 0.3 is 0 Å². The van der Waals surface area contributed by atoms with Crippen LogP contribution in [0.15, 0.2) is 144 Å². The largest absolute Gasteiger partial charge is 0.455 e. The Labute approximate surface area is 246 Å². The third kappa shape index (κ3) is 3.67. The summed E-state index contributed by atoms with van der Waals surface area (Å²) in [4.78, 5) is 15.2. The molecule has 0 spiro atoms. The molecule has 0 fully saturated rings. The maximum Gasteiger partial charge on any atom is 0.160 e. The fourth-order valence-electron chi connectivity index (χ4n) is 6.33. The van der Waals surface area contributed by atoms with Crippen LogP contribution in [0.3, 0.4) is 0 Å². The second-order valence-corrected chi connectivity index (χ2v) is 10.8. The summed E-state index contributed by atoms with van der Waals surface area (Å²) in [5.41, 5.74) is 8.46. The number of hydrogen-bond acceptors (Lipinski definition) is 4. The highest BCUT2D eigenvalue weighted by atomic mass is 16.3. The molecule has 0 amide bonds. The fourth-order valence-corrected chi connectivity index (χ4v) is 6.33. The number of para-hydroxylation sites is 2. The second-order valence-electron chi connectivity index (χ2n) is 10.8. The zero-order valence-electron chi connectivity index (χ0n) is 23.0. The highest BCUT2D eigenvalue weighted by Gasteiger charge is 2.21. The molecule has 0 N–H and O–H groups in total. The highest BCUT2D eigenvalue weighted by molar-refractivity contribution is 6.26. The maximum absolute atomic E-state index is 6.78. The Morgan fingerprint density at radius 3 is 1.84 bits per heavy atom. The SMILES string of the molecule is c1ccc(-c2nc(-c3cccc4oc5c(ccc6c(-c7ccccc7)nc7ccccc7c65)c34)c3ccccc3n2)cc1. The molecule has 0 saturated carbocycles. The van der Waals surface area contributed by atoms with E-state index in [0.29, 0.717) is 5.82 Å². The van der Waals surface area contributed by atoms with Crippen molar-refractivity contribution in [2.24, 2.45) is 0 Å².